The Morgan fingerprint density at radius 1 is 1.17 bits per heavy atom. The minimum absolute atomic E-state index is 0.0159. The van der Waals surface area contributed by atoms with Gasteiger partial charge in [0.25, 0.3) is 5.91 Å². The lowest BCUT2D eigenvalue weighted by molar-refractivity contribution is -0.116. The van der Waals surface area contributed by atoms with Crippen LogP contribution in [0.5, 0.6) is 0 Å². The van der Waals surface area contributed by atoms with Crippen molar-refractivity contribution in [3.8, 4) is 11.5 Å². The fraction of sp³-hybridized carbons (Fsp3) is 0.200. The van der Waals surface area contributed by atoms with E-state index in [0.717, 1.165) is 22.4 Å². The number of benzene rings is 1. The first-order valence-corrected chi connectivity index (χ1v) is 9.96. The molecule has 0 aliphatic heterocycles. The van der Waals surface area contributed by atoms with Gasteiger partial charge in [0.1, 0.15) is 17.1 Å². The molecule has 0 fully saturated rings. The SMILES string of the molecule is Cc1nc(NC(=O)Cn2c(-c3cnccn3)nc3ccccc32)sc1C(=O)N(C)C. The van der Waals surface area contributed by atoms with Gasteiger partial charge in [-0.05, 0) is 19.1 Å². The van der Waals surface area contributed by atoms with E-state index in [1.807, 2.05) is 24.3 Å². The second-order valence-corrected chi connectivity index (χ2v) is 7.78. The normalized spacial score (nSPS) is 10.9. The number of aryl methyl sites for hydroxylation is 1. The first kappa shape index (κ1) is 19.6. The van der Waals surface area contributed by atoms with Crippen LogP contribution in [0.1, 0.15) is 15.4 Å². The summed E-state index contributed by atoms with van der Waals surface area (Å²) >= 11 is 1.16. The zero-order valence-electron chi connectivity index (χ0n) is 16.7. The lowest BCUT2D eigenvalue weighted by atomic mass is 10.3. The molecular formula is C20H19N7O2S. The predicted molar refractivity (Wildman–Crippen MR) is 114 cm³/mol. The largest absolute Gasteiger partial charge is 0.344 e. The number of fused-ring (bicyclic) bond motifs is 1. The van der Waals surface area contributed by atoms with E-state index in [4.69, 9.17) is 0 Å². The highest BCUT2D eigenvalue weighted by Crippen LogP contribution is 2.25. The number of thiazole rings is 1. The van der Waals surface area contributed by atoms with E-state index in [0.29, 0.717) is 27.2 Å². The van der Waals surface area contributed by atoms with Crippen LogP contribution in [-0.4, -0.2) is 55.3 Å². The van der Waals surface area contributed by atoms with Crippen molar-refractivity contribution in [3.63, 3.8) is 0 Å². The highest BCUT2D eigenvalue weighted by atomic mass is 32.1. The Labute approximate surface area is 176 Å². The summed E-state index contributed by atoms with van der Waals surface area (Å²) < 4.78 is 1.79. The van der Waals surface area contributed by atoms with Crippen molar-refractivity contribution in [3.05, 3.63) is 53.4 Å². The topological polar surface area (TPSA) is 106 Å². The van der Waals surface area contributed by atoms with Gasteiger partial charge in [-0.25, -0.2) is 15.0 Å². The summed E-state index contributed by atoms with van der Waals surface area (Å²) in [6.45, 7) is 1.76. The van der Waals surface area contributed by atoms with E-state index in [1.165, 1.54) is 4.90 Å². The molecule has 3 heterocycles. The van der Waals surface area contributed by atoms with Gasteiger partial charge in [-0.15, -0.1) is 0 Å². The molecule has 30 heavy (non-hydrogen) atoms. The Kier molecular flexibility index (Phi) is 5.23. The number of anilines is 1. The van der Waals surface area contributed by atoms with Gasteiger partial charge in [0.15, 0.2) is 11.0 Å². The minimum atomic E-state index is -0.277. The molecule has 0 aliphatic carbocycles. The van der Waals surface area contributed by atoms with Gasteiger partial charge in [-0.3, -0.25) is 14.6 Å². The van der Waals surface area contributed by atoms with Crippen LogP contribution in [-0.2, 0) is 11.3 Å². The van der Waals surface area contributed by atoms with Crippen LogP contribution in [0, 0.1) is 6.92 Å². The summed E-state index contributed by atoms with van der Waals surface area (Å²) in [4.78, 5) is 44.4. The van der Waals surface area contributed by atoms with Crippen LogP contribution in [0.25, 0.3) is 22.6 Å². The molecule has 0 radical (unpaired) electrons. The number of carbonyl (C=O) groups excluding carboxylic acids is 2. The standard InChI is InChI=1S/C20H19N7O2S/c1-12-17(19(29)26(2)3)30-20(23-12)25-16(28)11-27-15-7-5-4-6-13(15)24-18(27)14-10-21-8-9-22-14/h4-10H,11H2,1-3H3,(H,23,25,28). The molecular weight excluding hydrogens is 402 g/mol. The molecule has 152 valence electrons. The minimum Gasteiger partial charge on any atom is -0.344 e. The summed E-state index contributed by atoms with van der Waals surface area (Å²) in [6.07, 6.45) is 4.78. The van der Waals surface area contributed by atoms with Crippen LogP contribution in [0.2, 0.25) is 0 Å². The number of imidazole rings is 1. The van der Waals surface area contributed by atoms with Crippen molar-refractivity contribution in [1.29, 1.82) is 0 Å². The lowest BCUT2D eigenvalue weighted by Crippen LogP contribution is -2.21. The number of nitrogens with zero attached hydrogens (tertiary/aromatic N) is 6. The zero-order valence-corrected chi connectivity index (χ0v) is 17.5. The molecule has 0 bridgehead atoms. The second kappa shape index (κ2) is 7.99. The third-order valence-corrected chi connectivity index (χ3v) is 5.45. The molecule has 4 rings (SSSR count). The molecule has 0 saturated carbocycles. The molecule has 0 atom stereocenters. The number of carbonyl (C=O) groups is 2. The third-order valence-electron chi connectivity index (χ3n) is 4.39. The van der Waals surface area contributed by atoms with E-state index >= 15 is 0 Å². The molecule has 4 aromatic rings. The summed E-state index contributed by atoms with van der Waals surface area (Å²) in [6, 6.07) is 7.56. The van der Waals surface area contributed by atoms with Gasteiger partial charge < -0.3 is 14.8 Å². The molecule has 2 amide bonds. The van der Waals surface area contributed by atoms with Crippen molar-refractivity contribution >= 4 is 39.3 Å². The average molecular weight is 421 g/mol. The second-order valence-electron chi connectivity index (χ2n) is 6.78. The van der Waals surface area contributed by atoms with Crippen molar-refractivity contribution in [1.82, 2.24) is 29.4 Å². The van der Waals surface area contributed by atoms with E-state index in [2.05, 4.69) is 25.3 Å². The van der Waals surface area contributed by atoms with Gasteiger partial charge in [-0.2, -0.15) is 0 Å². The van der Waals surface area contributed by atoms with Crippen LogP contribution in [0.15, 0.2) is 42.9 Å². The van der Waals surface area contributed by atoms with Crippen molar-refractivity contribution in [2.45, 2.75) is 13.5 Å². The van der Waals surface area contributed by atoms with Gasteiger partial charge in [0, 0.05) is 26.5 Å². The average Bonchev–Trinajstić information content (AvgIpc) is 3.28. The molecule has 10 heteroatoms. The Hall–Kier alpha value is -3.66. The number of para-hydroxylation sites is 2. The maximum Gasteiger partial charge on any atom is 0.265 e. The molecule has 0 aliphatic rings. The first-order valence-electron chi connectivity index (χ1n) is 9.14. The van der Waals surface area contributed by atoms with Crippen LogP contribution >= 0.6 is 11.3 Å². The summed E-state index contributed by atoms with van der Waals surface area (Å²) in [7, 11) is 3.36. The molecule has 0 spiro atoms. The summed E-state index contributed by atoms with van der Waals surface area (Å²) in [5, 5.41) is 3.17. The Bertz CT molecular complexity index is 1230. The Balaban J connectivity index is 1.63. The smallest absolute Gasteiger partial charge is 0.265 e. The first-order chi connectivity index (χ1) is 14.4. The quantitative estimate of drug-likeness (QED) is 0.531. The Morgan fingerprint density at radius 2 is 1.97 bits per heavy atom. The van der Waals surface area contributed by atoms with Crippen LogP contribution < -0.4 is 5.32 Å². The van der Waals surface area contributed by atoms with Crippen molar-refractivity contribution in [2.75, 3.05) is 19.4 Å². The van der Waals surface area contributed by atoms with Gasteiger partial charge in [-0.1, -0.05) is 23.5 Å². The number of rotatable bonds is 5. The number of hydrogen-bond acceptors (Lipinski definition) is 7. The van der Waals surface area contributed by atoms with Crippen LogP contribution in [0.4, 0.5) is 5.13 Å². The molecule has 9 nitrogen and oxygen atoms in total. The van der Waals surface area contributed by atoms with E-state index in [1.54, 1.807) is 44.2 Å². The summed E-state index contributed by atoms with van der Waals surface area (Å²) in [5.41, 5.74) is 2.73. The third kappa shape index (κ3) is 3.77. The highest BCUT2D eigenvalue weighted by Gasteiger charge is 2.20. The van der Waals surface area contributed by atoms with Gasteiger partial charge in [0.2, 0.25) is 5.91 Å². The monoisotopic (exact) mass is 421 g/mol. The lowest BCUT2D eigenvalue weighted by Gasteiger charge is -2.08. The summed E-state index contributed by atoms with van der Waals surface area (Å²) in [5.74, 6) is 0.134. The maximum absolute atomic E-state index is 12.8. The number of hydrogen-bond donors (Lipinski definition) is 1. The Morgan fingerprint density at radius 3 is 2.70 bits per heavy atom. The van der Waals surface area contributed by atoms with E-state index in [9.17, 15) is 9.59 Å². The number of aromatic nitrogens is 5. The fourth-order valence-corrected chi connectivity index (χ4v) is 4.00. The molecule has 1 aromatic carbocycles. The van der Waals surface area contributed by atoms with E-state index in [-0.39, 0.29) is 18.4 Å². The van der Waals surface area contributed by atoms with Gasteiger partial charge in [0.05, 0.1) is 22.9 Å². The molecule has 3 aromatic heterocycles. The molecule has 1 N–H and O–H groups in total. The van der Waals surface area contributed by atoms with Crippen LogP contribution in [0.3, 0.4) is 0 Å². The van der Waals surface area contributed by atoms with Crippen molar-refractivity contribution in [2.24, 2.45) is 0 Å². The highest BCUT2D eigenvalue weighted by molar-refractivity contribution is 7.17. The zero-order chi connectivity index (χ0) is 21.3. The molecule has 0 unspecified atom stereocenters. The fourth-order valence-electron chi connectivity index (χ4n) is 3.00. The number of amides is 2. The van der Waals surface area contributed by atoms with E-state index < -0.39 is 0 Å². The number of nitrogens with one attached hydrogen (secondary N) is 1. The van der Waals surface area contributed by atoms with Gasteiger partial charge >= 0.3 is 0 Å². The predicted octanol–water partition coefficient (Wildman–Crippen LogP) is 2.60. The maximum atomic E-state index is 12.8. The molecule has 0 saturated heterocycles. The van der Waals surface area contributed by atoms with Crippen molar-refractivity contribution < 1.29 is 9.59 Å².